The number of hydrogen-bond donors (Lipinski definition) is 4. The van der Waals surface area contributed by atoms with E-state index in [1.807, 2.05) is 7.05 Å². The van der Waals surface area contributed by atoms with E-state index in [-0.39, 0.29) is 6.29 Å². The molecule has 2 saturated heterocycles. The van der Waals surface area contributed by atoms with Crippen LogP contribution < -0.4 is 26.0 Å². The van der Waals surface area contributed by atoms with Crippen LogP contribution in [0.1, 0.15) is 24.8 Å². The lowest BCUT2D eigenvalue weighted by Crippen LogP contribution is -2.63. The number of benzene rings is 1. The number of fused-ring (bicyclic) bond motifs is 2. The molecule has 0 aliphatic carbocycles. The summed E-state index contributed by atoms with van der Waals surface area (Å²) in [6, 6.07) is 6.43. The zero-order valence-corrected chi connectivity index (χ0v) is 17.1. The monoisotopic (exact) mass is 376 g/mol. The molecule has 1 aromatic rings. The number of rotatable bonds is 9. The predicted molar refractivity (Wildman–Crippen MR) is 111 cm³/mol. The van der Waals surface area contributed by atoms with E-state index in [9.17, 15) is 0 Å². The van der Waals surface area contributed by atoms with Crippen LogP contribution in [0, 0.1) is 0 Å². The summed E-state index contributed by atoms with van der Waals surface area (Å²) >= 11 is 0. The van der Waals surface area contributed by atoms with E-state index in [4.69, 9.17) is 4.74 Å². The minimum absolute atomic E-state index is 0.247. The zero-order chi connectivity index (χ0) is 19.1. The van der Waals surface area contributed by atoms with Crippen LogP contribution in [0.4, 0.5) is 5.69 Å². The van der Waals surface area contributed by atoms with Crippen LogP contribution in [0.15, 0.2) is 18.2 Å². The minimum Gasteiger partial charge on any atom is -0.496 e. The Morgan fingerprint density at radius 3 is 2.74 bits per heavy atom. The highest BCUT2D eigenvalue weighted by molar-refractivity contribution is 5.51. The van der Waals surface area contributed by atoms with Crippen LogP contribution in [0.5, 0.6) is 5.75 Å². The van der Waals surface area contributed by atoms with Crippen LogP contribution in [-0.4, -0.2) is 76.2 Å². The molecule has 4 N–H and O–H groups in total. The summed E-state index contributed by atoms with van der Waals surface area (Å²) in [6.45, 7) is 6.13. The lowest BCUT2D eigenvalue weighted by atomic mass is 10.1. The normalized spacial score (nSPS) is 27.8. The fraction of sp³-hybridized carbons (Fsp3) is 0.700. The molecule has 3 rings (SSSR count). The first-order chi connectivity index (χ1) is 13.3. The van der Waals surface area contributed by atoms with Gasteiger partial charge in [-0.15, -0.1) is 0 Å². The molecule has 0 saturated carbocycles. The van der Waals surface area contributed by atoms with Gasteiger partial charge in [-0.25, -0.2) is 0 Å². The second-order valence-corrected chi connectivity index (χ2v) is 7.40. The lowest BCUT2D eigenvalue weighted by molar-refractivity contribution is -0.0124. The molecule has 152 valence electrons. The maximum Gasteiger partial charge on any atom is 0.138 e. The van der Waals surface area contributed by atoms with Crippen molar-refractivity contribution in [2.75, 3.05) is 59.2 Å². The quantitative estimate of drug-likeness (QED) is 0.481. The van der Waals surface area contributed by atoms with Gasteiger partial charge in [-0.1, -0.05) is 0 Å². The van der Waals surface area contributed by atoms with E-state index in [1.165, 1.54) is 31.4 Å². The Balaban J connectivity index is 1.73. The molecule has 0 amide bonds. The van der Waals surface area contributed by atoms with Crippen LogP contribution in [-0.2, 0) is 6.54 Å². The van der Waals surface area contributed by atoms with Crippen LogP contribution >= 0.6 is 0 Å². The molecule has 2 aliphatic rings. The second-order valence-electron chi connectivity index (χ2n) is 7.40. The highest BCUT2D eigenvalue weighted by Crippen LogP contribution is 2.27. The van der Waals surface area contributed by atoms with Gasteiger partial charge in [0, 0.05) is 50.5 Å². The van der Waals surface area contributed by atoms with E-state index in [0.29, 0.717) is 6.17 Å². The highest BCUT2D eigenvalue weighted by Gasteiger charge is 2.36. The molecule has 2 aliphatic heterocycles. The minimum atomic E-state index is 0.247. The number of hydrogen-bond acceptors (Lipinski definition) is 7. The van der Waals surface area contributed by atoms with Gasteiger partial charge >= 0.3 is 0 Å². The fourth-order valence-corrected chi connectivity index (χ4v) is 4.15. The van der Waals surface area contributed by atoms with Gasteiger partial charge in [-0.2, -0.15) is 0 Å². The topological polar surface area (TPSA) is 63.8 Å². The smallest absolute Gasteiger partial charge is 0.138 e. The summed E-state index contributed by atoms with van der Waals surface area (Å²) in [5.74, 6) is 0.937. The standard InChI is InChI=1S/C20H36N6O/c1-21-9-10-23-15-16-14-17(6-7-18(16)27-3)24-20-25-11-4-5-12-26(20)19(22-2)8-13-25/h6-7,14,19-24H,4-5,8-13,15H2,1-3H3. The molecule has 27 heavy (non-hydrogen) atoms. The molecule has 0 aromatic heterocycles. The van der Waals surface area contributed by atoms with Crippen molar-refractivity contribution in [3.05, 3.63) is 23.8 Å². The third kappa shape index (κ3) is 5.12. The number of likely N-dealkylation sites (N-methyl/N-ethyl adjacent to an activating group) is 1. The van der Waals surface area contributed by atoms with Gasteiger partial charge < -0.3 is 26.0 Å². The van der Waals surface area contributed by atoms with Crippen molar-refractivity contribution in [2.24, 2.45) is 0 Å². The molecule has 2 heterocycles. The Morgan fingerprint density at radius 1 is 1.11 bits per heavy atom. The average Bonchev–Trinajstić information content (AvgIpc) is 2.82. The lowest BCUT2D eigenvalue weighted by Gasteiger charge is -2.47. The fourth-order valence-electron chi connectivity index (χ4n) is 4.15. The summed E-state index contributed by atoms with van der Waals surface area (Å²) < 4.78 is 5.56. The number of methoxy groups -OCH3 is 1. The molecule has 4 atom stereocenters. The molecule has 7 nitrogen and oxygen atoms in total. The Hall–Kier alpha value is -1.38. The molecule has 1 aromatic carbocycles. The van der Waals surface area contributed by atoms with E-state index < -0.39 is 0 Å². The summed E-state index contributed by atoms with van der Waals surface area (Å²) in [5.41, 5.74) is 2.34. The zero-order valence-electron chi connectivity index (χ0n) is 17.1. The number of anilines is 1. The first-order valence-electron chi connectivity index (χ1n) is 10.2. The highest BCUT2D eigenvalue weighted by atomic mass is 16.5. The van der Waals surface area contributed by atoms with Crippen LogP contribution in [0.2, 0.25) is 0 Å². The Morgan fingerprint density at radius 2 is 1.96 bits per heavy atom. The van der Waals surface area contributed by atoms with Gasteiger partial charge in [-0.3, -0.25) is 9.80 Å². The van der Waals surface area contributed by atoms with E-state index in [2.05, 4.69) is 56.3 Å². The molecule has 0 spiro atoms. The first-order valence-corrected chi connectivity index (χ1v) is 10.2. The number of nitrogens with zero attached hydrogens (tertiary/aromatic N) is 2. The summed E-state index contributed by atoms with van der Waals surface area (Å²) in [6.07, 6.45) is 4.40. The molecule has 2 bridgehead atoms. The maximum atomic E-state index is 5.56. The number of nitrogens with one attached hydrogen (secondary N) is 4. The van der Waals surface area contributed by atoms with Crippen molar-refractivity contribution < 1.29 is 4.74 Å². The van der Waals surface area contributed by atoms with Crippen molar-refractivity contribution in [1.82, 2.24) is 25.8 Å². The molecule has 2 fully saturated rings. The van der Waals surface area contributed by atoms with E-state index >= 15 is 0 Å². The van der Waals surface area contributed by atoms with Gasteiger partial charge in [0.1, 0.15) is 12.0 Å². The predicted octanol–water partition coefficient (Wildman–Crippen LogP) is 1.05. The van der Waals surface area contributed by atoms with Crippen molar-refractivity contribution in [2.45, 2.75) is 38.3 Å². The molecule has 4 unspecified atom stereocenters. The molecule has 0 radical (unpaired) electrons. The Labute approximate surface area is 163 Å². The SMILES string of the molecule is CNCCNCc1cc(NC2N3CCCCN2C(NC)CC3)ccc1OC. The third-order valence-corrected chi connectivity index (χ3v) is 5.64. The summed E-state index contributed by atoms with van der Waals surface area (Å²) in [4.78, 5) is 5.15. The average molecular weight is 377 g/mol. The maximum absolute atomic E-state index is 5.56. The molecular weight excluding hydrogens is 340 g/mol. The van der Waals surface area contributed by atoms with Gasteiger partial charge in [-0.05, 0) is 51.6 Å². The van der Waals surface area contributed by atoms with Crippen molar-refractivity contribution in [3.63, 3.8) is 0 Å². The Kier molecular flexibility index (Phi) is 7.72. The van der Waals surface area contributed by atoms with E-state index in [0.717, 1.165) is 44.2 Å². The molecule has 7 heteroatoms. The summed E-state index contributed by atoms with van der Waals surface area (Å²) in [5, 5.41) is 13.9. The molecular formula is C20H36N6O. The van der Waals surface area contributed by atoms with Crippen LogP contribution in [0.25, 0.3) is 0 Å². The van der Waals surface area contributed by atoms with Gasteiger partial charge in [0.05, 0.1) is 13.3 Å². The first kappa shape index (κ1) is 20.4. The van der Waals surface area contributed by atoms with Gasteiger partial charge in [0.25, 0.3) is 0 Å². The largest absolute Gasteiger partial charge is 0.496 e. The van der Waals surface area contributed by atoms with Gasteiger partial charge in [0.2, 0.25) is 0 Å². The third-order valence-electron chi connectivity index (χ3n) is 5.64. The van der Waals surface area contributed by atoms with Crippen molar-refractivity contribution in [1.29, 1.82) is 0 Å². The second kappa shape index (κ2) is 10.2. The summed E-state index contributed by atoms with van der Waals surface area (Å²) in [7, 11) is 5.79. The van der Waals surface area contributed by atoms with E-state index in [1.54, 1.807) is 7.11 Å². The van der Waals surface area contributed by atoms with Crippen molar-refractivity contribution in [3.8, 4) is 5.75 Å². The van der Waals surface area contributed by atoms with Gasteiger partial charge in [0.15, 0.2) is 0 Å². The number of ether oxygens (including phenoxy) is 1. The Bertz CT molecular complexity index is 584. The van der Waals surface area contributed by atoms with Crippen LogP contribution in [0.3, 0.4) is 0 Å². The van der Waals surface area contributed by atoms with Crippen molar-refractivity contribution >= 4 is 5.69 Å².